The number of halogens is 1. The summed E-state index contributed by atoms with van der Waals surface area (Å²) in [5, 5.41) is 3.07. The lowest BCUT2D eigenvalue weighted by atomic mass is 10.2. The summed E-state index contributed by atoms with van der Waals surface area (Å²) < 4.78 is 1.06. The molecule has 1 heterocycles. The zero-order valence-corrected chi connectivity index (χ0v) is 11.8. The first-order chi connectivity index (χ1) is 8.15. The lowest BCUT2D eigenvalue weighted by molar-refractivity contribution is -0.116. The molecule has 2 nitrogen and oxygen atoms in total. The first kappa shape index (κ1) is 12.5. The van der Waals surface area contributed by atoms with Gasteiger partial charge in [-0.3, -0.25) is 0 Å². The van der Waals surface area contributed by atoms with E-state index in [4.69, 9.17) is 0 Å². The maximum absolute atomic E-state index is 10.9. The first-order valence-corrected chi connectivity index (χ1v) is 7.02. The van der Waals surface area contributed by atoms with Crippen molar-refractivity contribution in [1.82, 2.24) is 4.98 Å². The van der Waals surface area contributed by atoms with Gasteiger partial charge in [-0.25, -0.2) is 4.98 Å². The summed E-state index contributed by atoms with van der Waals surface area (Å²) in [6, 6.07) is 8.08. The number of aromatic nitrogens is 1. The summed E-state index contributed by atoms with van der Waals surface area (Å²) >= 11 is 5.02. The Balaban J connectivity index is 2.12. The Morgan fingerprint density at radius 1 is 1.35 bits per heavy atom. The number of hydrogen-bond acceptors (Lipinski definition) is 3. The van der Waals surface area contributed by atoms with Gasteiger partial charge >= 0.3 is 0 Å². The second-order valence-corrected chi connectivity index (χ2v) is 5.69. The summed E-state index contributed by atoms with van der Waals surface area (Å²) in [6.07, 6.45) is 1.32. The molecule has 88 valence electrons. The van der Waals surface area contributed by atoms with Crippen LogP contribution in [0.25, 0.3) is 11.3 Å². The highest BCUT2D eigenvalue weighted by atomic mass is 79.9. The third-order valence-electron chi connectivity index (χ3n) is 2.38. The van der Waals surface area contributed by atoms with Gasteiger partial charge < -0.3 is 4.79 Å². The number of nitrogens with zero attached hydrogens (tertiary/aromatic N) is 1. The smallest absolute Gasteiger partial charge is 0.130 e. The highest BCUT2D eigenvalue weighted by Crippen LogP contribution is 2.24. The van der Waals surface area contributed by atoms with Crippen LogP contribution in [0.3, 0.4) is 0 Å². The molecule has 0 saturated carbocycles. The van der Waals surface area contributed by atoms with Crippen LogP contribution < -0.4 is 0 Å². The van der Waals surface area contributed by atoms with Gasteiger partial charge in [0.05, 0.1) is 10.7 Å². The predicted octanol–water partition coefficient (Wildman–Crippen LogP) is 4.09. The van der Waals surface area contributed by atoms with E-state index >= 15 is 0 Å². The van der Waals surface area contributed by atoms with E-state index in [0.717, 1.165) is 27.2 Å². The summed E-state index contributed by atoms with van der Waals surface area (Å²) in [5.41, 5.74) is 2.10. The number of ketones is 1. The third kappa shape index (κ3) is 3.48. The van der Waals surface area contributed by atoms with Gasteiger partial charge in [-0.2, -0.15) is 0 Å². The maximum Gasteiger partial charge on any atom is 0.130 e. The van der Waals surface area contributed by atoms with E-state index in [0.29, 0.717) is 6.42 Å². The highest BCUT2D eigenvalue weighted by molar-refractivity contribution is 9.10. The zero-order chi connectivity index (χ0) is 12.3. The molecular weight excluding hydrogens is 298 g/mol. The van der Waals surface area contributed by atoms with E-state index < -0.39 is 0 Å². The number of rotatable bonds is 4. The van der Waals surface area contributed by atoms with E-state index in [1.165, 1.54) is 0 Å². The Morgan fingerprint density at radius 2 is 2.06 bits per heavy atom. The molecule has 0 aliphatic heterocycles. The van der Waals surface area contributed by atoms with Gasteiger partial charge in [-0.05, 0) is 19.1 Å². The largest absolute Gasteiger partial charge is 0.300 e. The molecule has 2 aromatic rings. The molecule has 0 aliphatic carbocycles. The number of aryl methyl sites for hydroxylation is 1. The minimum atomic E-state index is 0.213. The van der Waals surface area contributed by atoms with Gasteiger partial charge in [0.25, 0.3) is 0 Å². The van der Waals surface area contributed by atoms with Gasteiger partial charge in [0.1, 0.15) is 5.78 Å². The summed E-state index contributed by atoms with van der Waals surface area (Å²) in [6.45, 7) is 1.61. The van der Waals surface area contributed by atoms with Crippen LogP contribution in [0.2, 0.25) is 0 Å². The van der Waals surface area contributed by atoms with Gasteiger partial charge in [0.2, 0.25) is 0 Å². The molecule has 0 atom stereocenters. The van der Waals surface area contributed by atoms with Gasteiger partial charge in [-0.15, -0.1) is 11.3 Å². The molecule has 2 rings (SSSR count). The fourth-order valence-corrected chi connectivity index (χ4v) is 2.53. The minimum absolute atomic E-state index is 0.213. The number of Topliss-reactive ketones (excluding diaryl/α,β-unsaturated/α-hetero) is 1. The van der Waals surface area contributed by atoms with Crippen molar-refractivity contribution < 1.29 is 4.79 Å². The molecule has 0 unspecified atom stereocenters. The summed E-state index contributed by atoms with van der Waals surface area (Å²) in [7, 11) is 0. The Hall–Kier alpha value is -1.00. The molecule has 0 bridgehead atoms. The van der Waals surface area contributed by atoms with E-state index in [9.17, 15) is 4.79 Å². The lowest BCUT2D eigenvalue weighted by Gasteiger charge is -1.96. The number of benzene rings is 1. The normalized spacial score (nSPS) is 10.5. The highest BCUT2D eigenvalue weighted by Gasteiger charge is 2.05. The van der Waals surface area contributed by atoms with Crippen molar-refractivity contribution in [2.75, 3.05) is 0 Å². The molecule has 0 spiro atoms. The third-order valence-corrected chi connectivity index (χ3v) is 3.82. The van der Waals surface area contributed by atoms with Crippen LogP contribution in [0.4, 0.5) is 0 Å². The Labute approximate surface area is 113 Å². The van der Waals surface area contributed by atoms with Crippen LogP contribution in [-0.4, -0.2) is 10.8 Å². The van der Waals surface area contributed by atoms with Crippen molar-refractivity contribution in [3.8, 4) is 11.3 Å². The first-order valence-electron chi connectivity index (χ1n) is 5.35. The van der Waals surface area contributed by atoms with Crippen molar-refractivity contribution >= 4 is 33.0 Å². The number of carbonyl (C=O) groups excluding carboxylic acids is 1. The van der Waals surface area contributed by atoms with Crippen LogP contribution in [0.15, 0.2) is 34.1 Å². The predicted molar refractivity (Wildman–Crippen MR) is 74.3 cm³/mol. The van der Waals surface area contributed by atoms with Crippen LogP contribution in [0.5, 0.6) is 0 Å². The molecule has 0 aliphatic rings. The molecular formula is C13H12BrNOS. The zero-order valence-electron chi connectivity index (χ0n) is 9.44. The molecule has 17 heavy (non-hydrogen) atoms. The monoisotopic (exact) mass is 309 g/mol. The molecule has 1 aromatic carbocycles. The second-order valence-electron chi connectivity index (χ2n) is 3.84. The second kappa shape index (κ2) is 5.56. The van der Waals surface area contributed by atoms with Crippen LogP contribution in [-0.2, 0) is 11.2 Å². The molecule has 0 saturated heterocycles. The van der Waals surface area contributed by atoms with Gasteiger partial charge in [-0.1, -0.05) is 28.1 Å². The maximum atomic E-state index is 10.9. The van der Waals surface area contributed by atoms with Crippen molar-refractivity contribution in [3.63, 3.8) is 0 Å². The quantitative estimate of drug-likeness (QED) is 0.851. The van der Waals surface area contributed by atoms with Gasteiger partial charge in [0.15, 0.2) is 0 Å². The van der Waals surface area contributed by atoms with E-state index in [-0.39, 0.29) is 5.78 Å². The van der Waals surface area contributed by atoms with Crippen LogP contribution >= 0.6 is 27.3 Å². The topological polar surface area (TPSA) is 30.0 Å². The molecule has 0 radical (unpaired) electrons. The Bertz CT molecular complexity index is 518. The molecule has 0 amide bonds. The van der Waals surface area contributed by atoms with E-state index in [2.05, 4.69) is 20.9 Å². The number of hydrogen-bond donors (Lipinski definition) is 0. The lowest BCUT2D eigenvalue weighted by Crippen LogP contribution is -1.93. The number of thiazole rings is 1. The minimum Gasteiger partial charge on any atom is -0.300 e. The Kier molecular flexibility index (Phi) is 4.07. The van der Waals surface area contributed by atoms with Crippen molar-refractivity contribution in [2.45, 2.75) is 19.8 Å². The molecule has 0 N–H and O–H groups in total. The molecule has 1 aromatic heterocycles. The van der Waals surface area contributed by atoms with Crippen LogP contribution in [0.1, 0.15) is 18.4 Å². The summed E-state index contributed by atoms with van der Waals surface area (Å²) in [4.78, 5) is 15.4. The van der Waals surface area contributed by atoms with Crippen molar-refractivity contribution in [2.24, 2.45) is 0 Å². The van der Waals surface area contributed by atoms with Crippen molar-refractivity contribution in [3.05, 3.63) is 39.1 Å². The van der Waals surface area contributed by atoms with Crippen LogP contribution in [0, 0.1) is 0 Å². The fraction of sp³-hybridized carbons (Fsp3) is 0.231. The fourth-order valence-electron chi connectivity index (χ4n) is 1.46. The standard InChI is InChI=1S/C13H12BrNOS/c1-9(16)2-7-13-15-12(8-17-13)10-3-5-11(14)6-4-10/h3-6,8H,2,7H2,1H3. The van der Waals surface area contributed by atoms with E-state index in [1.54, 1.807) is 18.3 Å². The SMILES string of the molecule is CC(=O)CCc1nc(-c2ccc(Br)cc2)cs1. The summed E-state index contributed by atoms with van der Waals surface area (Å²) in [5.74, 6) is 0.213. The van der Waals surface area contributed by atoms with Gasteiger partial charge in [0, 0.05) is 28.3 Å². The Morgan fingerprint density at radius 3 is 2.71 bits per heavy atom. The number of carbonyl (C=O) groups is 1. The average molecular weight is 310 g/mol. The molecule has 0 fully saturated rings. The van der Waals surface area contributed by atoms with E-state index in [1.807, 2.05) is 29.6 Å². The van der Waals surface area contributed by atoms with Crippen molar-refractivity contribution in [1.29, 1.82) is 0 Å². The average Bonchev–Trinajstić information content (AvgIpc) is 2.76. The molecule has 4 heteroatoms.